The first-order chi connectivity index (χ1) is 13.4. The lowest BCUT2D eigenvalue weighted by atomic mass is 9.82. The van der Waals surface area contributed by atoms with E-state index in [-0.39, 0.29) is 11.4 Å². The average molecular weight is 400 g/mol. The van der Waals surface area contributed by atoms with Crippen molar-refractivity contribution in [1.82, 2.24) is 4.90 Å². The van der Waals surface area contributed by atoms with Gasteiger partial charge < -0.3 is 9.64 Å². The summed E-state index contributed by atoms with van der Waals surface area (Å²) in [4.78, 5) is 2.88. The van der Waals surface area contributed by atoms with Crippen molar-refractivity contribution in [3.05, 3.63) is 48.0 Å². The number of fused-ring (bicyclic) bond motifs is 1. The lowest BCUT2D eigenvalue weighted by Crippen LogP contribution is -2.49. The van der Waals surface area contributed by atoms with E-state index in [0.717, 1.165) is 62.2 Å². The minimum atomic E-state index is -3.16. The Morgan fingerprint density at radius 3 is 2.29 bits per heavy atom. The van der Waals surface area contributed by atoms with Crippen LogP contribution in [0.4, 0.5) is 0 Å². The molecule has 0 unspecified atom stereocenters. The summed E-state index contributed by atoms with van der Waals surface area (Å²) < 4.78 is 30.5. The zero-order chi connectivity index (χ0) is 19.8. The van der Waals surface area contributed by atoms with E-state index in [1.807, 2.05) is 12.1 Å². The Balaban J connectivity index is 1.53. The number of nitrogens with zero attached hydrogens (tertiary/aromatic N) is 1. The van der Waals surface area contributed by atoms with Crippen molar-refractivity contribution in [3.63, 3.8) is 0 Å². The molecule has 2 aliphatic rings. The Morgan fingerprint density at radius 2 is 1.64 bits per heavy atom. The average Bonchev–Trinajstić information content (AvgIpc) is 2.74. The van der Waals surface area contributed by atoms with Gasteiger partial charge in [-0.25, -0.2) is 8.42 Å². The molecule has 0 aliphatic carbocycles. The first-order valence-corrected chi connectivity index (χ1v) is 12.0. The molecule has 1 saturated heterocycles. The SMILES string of the molecule is CCN1CCC2(CCc3cc(-c4ccc(S(=O)(=O)CC)cc4)ccc3O2)CC1. The van der Waals surface area contributed by atoms with Gasteiger partial charge in [0.15, 0.2) is 9.84 Å². The number of sulfone groups is 1. The van der Waals surface area contributed by atoms with Crippen LogP contribution in [0, 0.1) is 0 Å². The molecule has 0 N–H and O–H groups in total. The van der Waals surface area contributed by atoms with Crippen LogP contribution in [0.5, 0.6) is 5.75 Å². The number of hydrogen-bond donors (Lipinski definition) is 0. The molecule has 0 saturated carbocycles. The van der Waals surface area contributed by atoms with Crippen molar-refractivity contribution in [2.75, 3.05) is 25.4 Å². The number of rotatable bonds is 4. The summed E-state index contributed by atoms with van der Waals surface area (Å²) in [7, 11) is -3.16. The third-order valence-electron chi connectivity index (χ3n) is 6.38. The van der Waals surface area contributed by atoms with Gasteiger partial charge in [-0.3, -0.25) is 0 Å². The summed E-state index contributed by atoms with van der Waals surface area (Å²) >= 11 is 0. The number of aryl methyl sites for hydroxylation is 1. The van der Waals surface area contributed by atoms with E-state index < -0.39 is 9.84 Å². The predicted molar refractivity (Wildman–Crippen MR) is 113 cm³/mol. The minimum absolute atomic E-state index is 0.0103. The normalized spacial score (nSPS) is 19.2. The highest BCUT2D eigenvalue weighted by molar-refractivity contribution is 7.91. The van der Waals surface area contributed by atoms with Crippen LogP contribution >= 0.6 is 0 Å². The summed E-state index contributed by atoms with van der Waals surface area (Å²) in [6.45, 7) is 7.26. The van der Waals surface area contributed by atoms with Gasteiger partial charge in [0.2, 0.25) is 0 Å². The highest BCUT2D eigenvalue weighted by Crippen LogP contribution is 2.40. The molecular formula is C23H29NO3S. The highest BCUT2D eigenvalue weighted by atomic mass is 32.2. The van der Waals surface area contributed by atoms with Gasteiger partial charge in [0, 0.05) is 13.1 Å². The number of piperidine rings is 1. The number of benzene rings is 2. The van der Waals surface area contributed by atoms with Gasteiger partial charge >= 0.3 is 0 Å². The van der Waals surface area contributed by atoms with Crippen molar-refractivity contribution in [3.8, 4) is 16.9 Å². The molecule has 2 heterocycles. The highest BCUT2D eigenvalue weighted by Gasteiger charge is 2.39. The van der Waals surface area contributed by atoms with E-state index in [2.05, 4.69) is 30.0 Å². The van der Waals surface area contributed by atoms with Crippen molar-refractivity contribution < 1.29 is 13.2 Å². The molecule has 0 aromatic heterocycles. The number of hydrogen-bond acceptors (Lipinski definition) is 4. The molecule has 0 atom stereocenters. The van der Waals surface area contributed by atoms with E-state index in [1.54, 1.807) is 19.1 Å². The molecule has 2 aromatic rings. The smallest absolute Gasteiger partial charge is 0.178 e. The lowest BCUT2D eigenvalue weighted by molar-refractivity contribution is -0.0132. The van der Waals surface area contributed by atoms with E-state index in [9.17, 15) is 8.42 Å². The summed E-state index contributed by atoms with van der Waals surface area (Å²) in [5.41, 5.74) is 3.41. The van der Waals surface area contributed by atoms with Crippen LogP contribution in [-0.4, -0.2) is 44.3 Å². The van der Waals surface area contributed by atoms with Crippen molar-refractivity contribution >= 4 is 9.84 Å². The molecule has 5 heteroatoms. The van der Waals surface area contributed by atoms with Crippen LogP contribution < -0.4 is 4.74 Å². The van der Waals surface area contributed by atoms with Gasteiger partial charge in [0.25, 0.3) is 0 Å². The van der Waals surface area contributed by atoms with Crippen molar-refractivity contribution in [2.24, 2.45) is 0 Å². The standard InChI is InChI=1S/C23H29NO3S/c1-3-24-15-13-23(14-16-24)12-11-20-17-19(7-10-22(20)27-23)18-5-8-21(9-6-18)28(25,26)4-2/h5-10,17H,3-4,11-16H2,1-2H3. The van der Waals surface area contributed by atoms with Crippen LogP contribution in [0.25, 0.3) is 11.1 Å². The van der Waals surface area contributed by atoms with Gasteiger partial charge in [-0.1, -0.05) is 32.0 Å². The molecule has 150 valence electrons. The van der Waals surface area contributed by atoms with Crippen LogP contribution in [0.1, 0.15) is 38.7 Å². The van der Waals surface area contributed by atoms with E-state index >= 15 is 0 Å². The van der Waals surface area contributed by atoms with Crippen LogP contribution in [0.2, 0.25) is 0 Å². The molecule has 4 nitrogen and oxygen atoms in total. The van der Waals surface area contributed by atoms with E-state index in [1.165, 1.54) is 5.56 Å². The van der Waals surface area contributed by atoms with Gasteiger partial charge in [-0.15, -0.1) is 0 Å². The second-order valence-electron chi connectivity index (χ2n) is 7.97. The first-order valence-electron chi connectivity index (χ1n) is 10.3. The second-order valence-corrected chi connectivity index (χ2v) is 10.2. The number of ether oxygens (including phenoxy) is 1. The molecule has 0 radical (unpaired) electrons. The molecule has 2 aromatic carbocycles. The summed E-state index contributed by atoms with van der Waals surface area (Å²) in [5, 5.41) is 0. The maximum absolute atomic E-state index is 12.0. The predicted octanol–water partition coefficient (Wildman–Crippen LogP) is 4.33. The van der Waals surface area contributed by atoms with E-state index in [0.29, 0.717) is 4.90 Å². The molecule has 0 bridgehead atoms. The van der Waals surface area contributed by atoms with Crippen LogP contribution in [0.15, 0.2) is 47.4 Å². The Kier molecular flexibility index (Phi) is 5.23. The van der Waals surface area contributed by atoms with Gasteiger partial charge in [-0.2, -0.15) is 0 Å². The third-order valence-corrected chi connectivity index (χ3v) is 8.13. The maximum atomic E-state index is 12.0. The molecule has 0 amide bonds. The van der Waals surface area contributed by atoms with Crippen molar-refractivity contribution in [1.29, 1.82) is 0 Å². The van der Waals surface area contributed by atoms with Crippen LogP contribution in [-0.2, 0) is 16.3 Å². The molecule has 4 rings (SSSR count). The zero-order valence-corrected chi connectivity index (χ0v) is 17.6. The molecular weight excluding hydrogens is 370 g/mol. The Labute approximate surface area is 168 Å². The largest absolute Gasteiger partial charge is 0.487 e. The molecule has 1 spiro atoms. The van der Waals surface area contributed by atoms with Gasteiger partial charge in [-0.05, 0) is 73.2 Å². The molecule has 28 heavy (non-hydrogen) atoms. The second kappa shape index (κ2) is 7.53. The van der Waals surface area contributed by atoms with Crippen molar-refractivity contribution in [2.45, 2.75) is 50.0 Å². The summed E-state index contributed by atoms with van der Waals surface area (Å²) in [5.74, 6) is 1.14. The Morgan fingerprint density at radius 1 is 0.964 bits per heavy atom. The fraction of sp³-hybridized carbons (Fsp3) is 0.478. The number of likely N-dealkylation sites (tertiary alicyclic amines) is 1. The monoisotopic (exact) mass is 399 g/mol. The summed E-state index contributed by atoms with van der Waals surface area (Å²) in [6, 6.07) is 13.6. The molecule has 1 fully saturated rings. The first kappa shape index (κ1) is 19.5. The lowest BCUT2D eigenvalue weighted by Gasteiger charge is -2.44. The van der Waals surface area contributed by atoms with Crippen LogP contribution in [0.3, 0.4) is 0 Å². The maximum Gasteiger partial charge on any atom is 0.178 e. The van der Waals surface area contributed by atoms with E-state index in [4.69, 9.17) is 4.74 Å². The Bertz CT molecular complexity index is 942. The Hall–Kier alpha value is -1.85. The van der Waals surface area contributed by atoms with Gasteiger partial charge in [0.05, 0.1) is 10.6 Å². The topological polar surface area (TPSA) is 46.6 Å². The summed E-state index contributed by atoms with van der Waals surface area (Å²) in [6.07, 6.45) is 4.33. The minimum Gasteiger partial charge on any atom is -0.487 e. The fourth-order valence-electron chi connectivity index (χ4n) is 4.35. The quantitative estimate of drug-likeness (QED) is 0.768. The molecule has 2 aliphatic heterocycles. The van der Waals surface area contributed by atoms with Gasteiger partial charge in [0.1, 0.15) is 11.4 Å². The third kappa shape index (κ3) is 3.70. The fourth-order valence-corrected chi connectivity index (χ4v) is 5.24. The zero-order valence-electron chi connectivity index (χ0n) is 16.8.